The molecule has 13 heavy (non-hydrogen) atoms. The lowest BCUT2D eigenvalue weighted by molar-refractivity contribution is -0.151. The Morgan fingerprint density at radius 1 is 1.31 bits per heavy atom. The van der Waals surface area contributed by atoms with Crippen LogP contribution in [0.25, 0.3) is 0 Å². The first-order valence-corrected chi connectivity index (χ1v) is 4.74. The third-order valence-corrected chi connectivity index (χ3v) is 2.20. The van der Waals surface area contributed by atoms with Gasteiger partial charge in [0.2, 0.25) is 0 Å². The van der Waals surface area contributed by atoms with Crippen LogP contribution in [-0.2, 0) is 9.53 Å². The summed E-state index contributed by atoms with van der Waals surface area (Å²) in [5, 5.41) is 8.56. The van der Waals surface area contributed by atoms with Gasteiger partial charge in [0.05, 0.1) is 12.5 Å². The van der Waals surface area contributed by atoms with E-state index in [-0.39, 0.29) is 18.0 Å². The molecule has 0 spiro atoms. The van der Waals surface area contributed by atoms with Crippen LogP contribution in [-0.4, -0.2) is 24.8 Å². The van der Waals surface area contributed by atoms with Gasteiger partial charge in [-0.1, -0.05) is 12.8 Å². The zero-order valence-corrected chi connectivity index (χ0v) is 8.80. The lowest BCUT2D eigenvalue weighted by atomic mass is 9.87. The maximum absolute atomic E-state index is 11.2. The Morgan fingerprint density at radius 3 is 2.38 bits per heavy atom. The van der Waals surface area contributed by atoms with Gasteiger partial charge in [-0.05, 0) is 26.7 Å². The third-order valence-electron chi connectivity index (χ3n) is 2.20. The molecule has 0 heterocycles. The summed E-state index contributed by atoms with van der Waals surface area (Å²) in [5.74, 6) is -0.156. The summed E-state index contributed by atoms with van der Waals surface area (Å²) in [6.07, 6.45) is 3.57. The Morgan fingerprint density at radius 2 is 1.92 bits per heavy atom. The van der Waals surface area contributed by atoms with Crippen molar-refractivity contribution in [2.75, 3.05) is 13.7 Å². The maximum atomic E-state index is 11.2. The molecule has 0 unspecified atom stereocenters. The lowest BCUT2D eigenvalue weighted by Gasteiger charge is -2.20. The first kappa shape index (κ1) is 12.4. The molecule has 0 atom stereocenters. The van der Waals surface area contributed by atoms with Gasteiger partial charge in [-0.2, -0.15) is 0 Å². The highest BCUT2D eigenvalue weighted by Crippen LogP contribution is 2.24. The molecule has 3 heteroatoms. The fourth-order valence-corrected chi connectivity index (χ4v) is 1.23. The molecule has 1 N–H and O–H groups in total. The summed E-state index contributed by atoms with van der Waals surface area (Å²) < 4.78 is 4.68. The highest BCUT2D eigenvalue weighted by molar-refractivity contribution is 5.75. The van der Waals surface area contributed by atoms with E-state index in [4.69, 9.17) is 5.11 Å². The molecule has 0 radical (unpaired) electrons. The molecule has 0 aliphatic carbocycles. The first-order valence-electron chi connectivity index (χ1n) is 4.74. The molecule has 0 amide bonds. The maximum Gasteiger partial charge on any atom is 0.311 e. The lowest BCUT2D eigenvalue weighted by Crippen LogP contribution is -2.25. The van der Waals surface area contributed by atoms with Gasteiger partial charge in [0.1, 0.15) is 0 Å². The zero-order chi connectivity index (χ0) is 10.3. The Balaban J connectivity index is 3.69. The molecule has 0 saturated heterocycles. The summed E-state index contributed by atoms with van der Waals surface area (Å²) in [7, 11) is 1.41. The fourth-order valence-electron chi connectivity index (χ4n) is 1.23. The minimum Gasteiger partial charge on any atom is -0.469 e. The monoisotopic (exact) mass is 188 g/mol. The van der Waals surface area contributed by atoms with E-state index in [9.17, 15) is 4.79 Å². The van der Waals surface area contributed by atoms with E-state index in [1.165, 1.54) is 7.11 Å². The fraction of sp³-hybridized carbons (Fsp3) is 0.900. The van der Waals surface area contributed by atoms with Gasteiger partial charge in [0.25, 0.3) is 0 Å². The van der Waals surface area contributed by atoms with Crippen LogP contribution in [0.1, 0.15) is 39.5 Å². The van der Waals surface area contributed by atoms with Crippen molar-refractivity contribution in [3.63, 3.8) is 0 Å². The quantitative estimate of drug-likeness (QED) is 0.510. The molecule has 0 aliphatic heterocycles. The second-order valence-corrected chi connectivity index (χ2v) is 3.91. The second-order valence-electron chi connectivity index (χ2n) is 3.91. The molecule has 0 aromatic heterocycles. The van der Waals surface area contributed by atoms with E-state index in [1.807, 2.05) is 13.8 Å². The molecule has 0 bridgehead atoms. The zero-order valence-electron chi connectivity index (χ0n) is 8.80. The van der Waals surface area contributed by atoms with E-state index in [0.29, 0.717) is 0 Å². The molecule has 0 saturated carbocycles. The minimum absolute atomic E-state index is 0.156. The SMILES string of the molecule is COC(=O)C(C)(C)CCCCCO. The summed E-state index contributed by atoms with van der Waals surface area (Å²) in [5.41, 5.74) is -0.385. The first-order chi connectivity index (χ1) is 6.04. The molecule has 0 aromatic rings. The number of aliphatic hydroxyl groups is 1. The molecule has 3 nitrogen and oxygen atoms in total. The van der Waals surface area contributed by atoms with Crippen molar-refractivity contribution in [2.24, 2.45) is 5.41 Å². The number of ether oxygens (including phenoxy) is 1. The van der Waals surface area contributed by atoms with Gasteiger partial charge in [0, 0.05) is 6.61 Å². The standard InChI is InChI=1S/C10H20O3/c1-10(2,9(12)13-3)7-5-4-6-8-11/h11H,4-8H2,1-3H3. The summed E-state index contributed by atoms with van der Waals surface area (Å²) in [6.45, 7) is 4.01. The summed E-state index contributed by atoms with van der Waals surface area (Å²) in [6, 6.07) is 0. The molecule has 0 rings (SSSR count). The number of hydrogen-bond donors (Lipinski definition) is 1. The van der Waals surface area contributed by atoms with E-state index >= 15 is 0 Å². The highest BCUT2D eigenvalue weighted by Gasteiger charge is 2.27. The van der Waals surface area contributed by atoms with Crippen LogP contribution < -0.4 is 0 Å². The molecular formula is C10H20O3. The number of methoxy groups -OCH3 is 1. The van der Waals surface area contributed by atoms with Gasteiger partial charge in [0.15, 0.2) is 0 Å². The summed E-state index contributed by atoms with van der Waals surface area (Å²) >= 11 is 0. The van der Waals surface area contributed by atoms with Crippen LogP contribution in [0.2, 0.25) is 0 Å². The Bertz CT molecular complexity index is 152. The van der Waals surface area contributed by atoms with Gasteiger partial charge >= 0.3 is 5.97 Å². The van der Waals surface area contributed by atoms with Gasteiger partial charge in [-0.25, -0.2) is 0 Å². The molecule has 0 aliphatic rings. The molecule has 78 valence electrons. The van der Waals surface area contributed by atoms with Crippen LogP contribution in [0.15, 0.2) is 0 Å². The number of unbranched alkanes of at least 4 members (excludes halogenated alkanes) is 2. The second kappa shape index (κ2) is 5.97. The van der Waals surface area contributed by atoms with Gasteiger partial charge in [-0.15, -0.1) is 0 Å². The topological polar surface area (TPSA) is 46.5 Å². The van der Waals surface area contributed by atoms with E-state index in [1.54, 1.807) is 0 Å². The molecular weight excluding hydrogens is 168 g/mol. The van der Waals surface area contributed by atoms with Crippen molar-refractivity contribution in [1.82, 2.24) is 0 Å². The smallest absolute Gasteiger partial charge is 0.311 e. The largest absolute Gasteiger partial charge is 0.469 e. The molecule has 0 aromatic carbocycles. The van der Waals surface area contributed by atoms with Crippen LogP contribution in [0.3, 0.4) is 0 Å². The highest BCUT2D eigenvalue weighted by atomic mass is 16.5. The van der Waals surface area contributed by atoms with Crippen molar-refractivity contribution in [3.05, 3.63) is 0 Å². The number of esters is 1. The predicted molar refractivity (Wildman–Crippen MR) is 51.4 cm³/mol. The Hall–Kier alpha value is -0.570. The van der Waals surface area contributed by atoms with Crippen LogP contribution >= 0.6 is 0 Å². The van der Waals surface area contributed by atoms with Crippen molar-refractivity contribution >= 4 is 5.97 Å². The van der Waals surface area contributed by atoms with Crippen molar-refractivity contribution in [1.29, 1.82) is 0 Å². The Kier molecular flexibility index (Phi) is 5.71. The van der Waals surface area contributed by atoms with Crippen LogP contribution in [0, 0.1) is 5.41 Å². The third kappa shape index (κ3) is 4.88. The number of carbonyl (C=O) groups excluding carboxylic acids is 1. The average molecular weight is 188 g/mol. The Labute approximate surface area is 80.1 Å². The number of hydrogen-bond acceptors (Lipinski definition) is 3. The van der Waals surface area contributed by atoms with Crippen molar-refractivity contribution in [2.45, 2.75) is 39.5 Å². The van der Waals surface area contributed by atoms with Crippen molar-refractivity contribution in [3.8, 4) is 0 Å². The normalized spacial score (nSPS) is 11.4. The van der Waals surface area contributed by atoms with Crippen LogP contribution in [0.5, 0.6) is 0 Å². The van der Waals surface area contributed by atoms with Gasteiger partial charge < -0.3 is 9.84 Å². The number of carbonyl (C=O) groups is 1. The minimum atomic E-state index is -0.385. The number of aliphatic hydroxyl groups excluding tert-OH is 1. The predicted octanol–water partition coefficient (Wildman–Crippen LogP) is 1.74. The molecule has 0 fully saturated rings. The van der Waals surface area contributed by atoms with E-state index in [0.717, 1.165) is 25.7 Å². The summed E-state index contributed by atoms with van der Waals surface area (Å²) in [4.78, 5) is 11.2. The van der Waals surface area contributed by atoms with Gasteiger partial charge in [-0.3, -0.25) is 4.79 Å². The van der Waals surface area contributed by atoms with E-state index < -0.39 is 0 Å². The van der Waals surface area contributed by atoms with Crippen molar-refractivity contribution < 1.29 is 14.6 Å². The van der Waals surface area contributed by atoms with E-state index in [2.05, 4.69) is 4.74 Å². The van der Waals surface area contributed by atoms with Crippen LogP contribution in [0.4, 0.5) is 0 Å². The average Bonchev–Trinajstić information content (AvgIpc) is 2.11. The number of rotatable bonds is 6.